The molecule has 5 N–H and O–H groups in total. The molecular formula is C25H31ClN4O9S. The number of nitrogens with one attached hydrogen (secondary N) is 1. The Morgan fingerprint density at radius 2 is 1.68 bits per heavy atom. The largest absolute Gasteiger partial charge is 0.495 e. The Balaban J connectivity index is 0.000000378. The van der Waals surface area contributed by atoms with Gasteiger partial charge in [0, 0.05) is 16.5 Å². The number of aliphatic carboxylic acids is 2. The van der Waals surface area contributed by atoms with Crippen LogP contribution in [0.1, 0.15) is 18.5 Å². The third-order valence-electron chi connectivity index (χ3n) is 6.38. The highest BCUT2D eigenvalue weighted by atomic mass is 35.5. The van der Waals surface area contributed by atoms with Crippen molar-refractivity contribution in [2.24, 2.45) is 0 Å². The van der Waals surface area contributed by atoms with Gasteiger partial charge in [0.1, 0.15) is 5.75 Å². The van der Waals surface area contributed by atoms with Crippen LogP contribution in [-0.2, 0) is 19.6 Å². The van der Waals surface area contributed by atoms with Crippen LogP contribution in [0.3, 0.4) is 0 Å². The van der Waals surface area contributed by atoms with Crippen molar-refractivity contribution in [3.63, 3.8) is 0 Å². The first kappa shape index (κ1) is 31.1. The number of carboxylic acid groups (broad SMARTS) is 2. The topological polar surface area (TPSA) is 192 Å². The molecule has 1 aromatic heterocycles. The number of aliphatic hydroxyl groups excluding tert-OH is 2. The number of halogens is 1. The smallest absolute Gasteiger partial charge is 0.335 e. The quantitative estimate of drug-likeness (QED) is 0.252. The molecule has 15 heteroatoms. The Hall–Kier alpha value is -3.43. The first-order chi connectivity index (χ1) is 18.8. The van der Waals surface area contributed by atoms with Crippen LogP contribution in [0.15, 0.2) is 41.3 Å². The number of likely N-dealkylation sites (tertiary alicyclic amines) is 1. The minimum absolute atomic E-state index is 0.151. The fourth-order valence-corrected chi connectivity index (χ4v) is 5.62. The molecule has 1 saturated heterocycles. The monoisotopic (exact) mass is 598 g/mol. The molecule has 0 unspecified atom stereocenters. The number of rotatable bonds is 8. The molecular weight excluding hydrogens is 568 g/mol. The highest BCUT2D eigenvalue weighted by Crippen LogP contribution is 2.32. The van der Waals surface area contributed by atoms with Crippen molar-refractivity contribution in [1.82, 2.24) is 14.1 Å². The second-order valence-corrected chi connectivity index (χ2v) is 11.4. The number of hydrogen-bond acceptors (Lipinski definition) is 10. The molecule has 0 aliphatic carbocycles. The summed E-state index contributed by atoms with van der Waals surface area (Å²) in [5.74, 6) is -2.93. The molecule has 0 bridgehead atoms. The number of fused-ring (bicyclic) bond motifs is 1. The summed E-state index contributed by atoms with van der Waals surface area (Å²) in [7, 11) is -0.210. The SMILES string of the molecule is COc1ccc(S(=O)(=O)n2nc(C)c3cc(Cl)ccc32)cc1NC1CCN(C)CC1.O=C(O)[C@H](O)[C@@H](O)C(=O)O. The maximum absolute atomic E-state index is 13.4. The maximum Gasteiger partial charge on any atom is 0.335 e. The van der Waals surface area contributed by atoms with Gasteiger partial charge in [0.15, 0.2) is 12.2 Å². The van der Waals surface area contributed by atoms with Crippen LogP contribution < -0.4 is 10.1 Å². The Kier molecular flexibility index (Phi) is 9.97. The van der Waals surface area contributed by atoms with Crippen LogP contribution in [0.5, 0.6) is 5.75 Å². The van der Waals surface area contributed by atoms with Gasteiger partial charge in [-0.15, -0.1) is 0 Å². The summed E-state index contributed by atoms with van der Waals surface area (Å²) in [5, 5.41) is 41.5. The normalized spacial score (nSPS) is 16.1. The minimum atomic E-state index is -3.90. The van der Waals surface area contributed by atoms with Crippen LogP contribution in [0, 0.1) is 6.92 Å². The van der Waals surface area contributed by atoms with Crippen LogP contribution in [0.25, 0.3) is 10.9 Å². The predicted molar refractivity (Wildman–Crippen MR) is 146 cm³/mol. The number of nitrogens with zero attached hydrogens (tertiary/aromatic N) is 3. The van der Waals surface area contributed by atoms with E-state index in [0.29, 0.717) is 33.1 Å². The molecule has 1 aliphatic heterocycles. The lowest BCUT2D eigenvalue weighted by molar-refractivity contribution is -0.165. The summed E-state index contributed by atoms with van der Waals surface area (Å²) < 4.78 is 33.4. The number of aliphatic hydroxyl groups is 2. The number of piperidine rings is 1. The number of benzene rings is 2. The highest BCUT2D eigenvalue weighted by molar-refractivity contribution is 7.90. The van der Waals surface area contributed by atoms with Gasteiger partial charge in [-0.1, -0.05) is 11.6 Å². The van der Waals surface area contributed by atoms with Crippen molar-refractivity contribution >= 4 is 50.2 Å². The Labute approximate surface area is 235 Å². The molecule has 1 fully saturated rings. The summed E-state index contributed by atoms with van der Waals surface area (Å²) in [6.45, 7) is 3.77. The van der Waals surface area contributed by atoms with Crippen molar-refractivity contribution < 1.29 is 43.2 Å². The molecule has 4 rings (SSSR count). The van der Waals surface area contributed by atoms with E-state index in [-0.39, 0.29) is 10.9 Å². The standard InChI is InChI=1S/C21H25ClN4O3S.C4H6O6/c1-14-18-12-15(22)4-6-20(18)26(24-14)30(27,28)17-5-7-21(29-3)19(13-17)23-16-8-10-25(2)11-9-16;5-1(3(7)8)2(6)4(9)10/h4-7,12-13,16,23H,8-11H2,1-3H3;1-2,5-6H,(H,7,8)(H,9,10)/t;1-,2-/m.1/s1. The van der Waals surface area contributed by atoms with E-state index in [9.17, 15) is 18.0 Å². The number of aryl methyl sites for hydroxylation is 1. The first-order valence-corrected chi connectivity index (χ1v) is 13.9. The van der Waals surface area contributed by atoms with Gasteiger partial charge >= 0.3 is 11.9 Å². The second-order valence-electron chi connectivity index (χ2n) is 9.25. The Morgan fingerprint density at radius 3 is 2.23 bits per heavy atom. The summed E-state index contributed by atoms with van der Waals surface area (Å²) in [6.07, 6.45) is -2.56. The van der Waals surface area contributed by atoms with Crippen LogP contribution in [0.4, 0.5) is 5.69 Å². The number of ether oxygens (including phenoxy) is 1. The number of hydrogen-bond donors (Lipinski definition) is 5. The number of carboxylic acids is 2. The van der Waals surface area contributed by atoms with E-state index in [1.165, 1.54) is 0 Å². The van der Waals surface area contributed by atoms with E-state index in [2.05, 4.69) is 22.4 Å². The summed E-state index contributed by atoms with van der Waals surface area (Å²) >= 11 is 6.08. The van der Waals surface area contributed by atoms with Crippen molar-refractivity contribution in [1.29, 1.82) is 0 Å². The Bertz CT molecular complexity index is 1470. The van der Waals surface area contributed by atoms with E-state index in [1.807, 2.05) is 0 Å². The van der Waals surface area contributed by atoms with Gasteiger partial charge in [-0.25, -0.2) is 9.59 Å². The van der Waals surface area contributed by atoms with Crippen LogP contribution in [-0.4, -0.2) is 100 Å². The minimum Gasteiger partial charge on any atom is -0.495 e. The second kappa shape index (κ2) is 12.8. The average molecular weight is 599 g/mol. The lowest BCUT2D eigenvalue weighted by Gasteiger charge is -2.30. The summed E-state index contributed by atoms with van der Waals surface area (Å²) in [5.41, 5.74) is 1.77. The lowest BCUT2D eigenvalue weighted by atomic mass is 10.1. The third kappa shape index (κ3) is 7.01. The zero-order valence-corrected chi connectivity index (χ0v) is 23.6. The molecule has 2 heterocycles. The molecule has 218 valence electrons. The van der Waals surface area contributed by atoms with E-state index < -0.39 is 34.2 Å². The zero-order valence-electron chi connectivity index (χ0n) is 22.0. The average Bonchev–Trinajstić information content (AvgIpc) is 3.25. The number of anilines is 1. The van der Waals surface area contributed by atoms with Gasteiger partial charge in [-0.3, -0.25) is 0 Å². The fraction of sp³-hybridized carbons (Fsp3) is 0.400. The molecule has 0 radical (unpaired) electrons. The van der Waals surface area contributed by atoms with Crippen LogP contribution in [0.2, 0.25) is 5.02 Å². The third-order valence-corrected chi connectivity index (χ3v) is 8.19. The molecule has 13 nitrogen and oxygen atoms in total. The molecule has 40 heavy (non-hydrogen) atoms. The molecule has 0 saturated carbocycles. The van der Waals surface area contributed by atoms with E-state index in [0.717, 1.165) is 30.0 Å². The number of aromatic nitrogens is 2. The molecule has 1 aliphatic rings. The maximum atomic E-state index is 13.4. The molecule has 0 spiro atoms. The van der Waals surface area contributed by atoms with Gasteiger partial charge in [-0.2, -0.15) is 17.6 Å². The molecule has 3 aromatic rings. The predicted octanol–water partition coefficient (Wildman–Crippen LogP) is 1.63. The Morgan fingerprint density at radius 1 is 1.07 bits per heavy atom. The van der Waals surface area contributed by atoms with Gasteiger partial charge in [0.25, 0.3) is 10.0 Å². The fourth-order valence-electron chi connectivity index (χ4n) is 4.10. The van der Waals surface area contributed by atoms with Crippen molar-refractivity contribution in [3.8, 4) is 5.75 Å². The number of carbonyl (C=O) groups is 2. The van der Waals surface area contributed by atoms with Gasteiger partial charge in [0.05, 0.1) is 28.9 Å². The lowest BCUT2D eigenvalue weighted by Crippen LogP contribution is -2.39. The van der Waals surface area contributed by atoms with Crippen molar-refractivity contribution in [2.75, 3.05) is 32.6 Å². The summed E-state index contributed by atoms with van der Waals surface area (Å²) in [6, 6.07) is 10.2. The summed E-state index contributed by atoms with van der Waals surface area (Å²) in [4.78, 5) is 22.0. The highest BCUT2D eigenvalue weighted by Gasteiger charge is 2.29. The molecule has 0 amide bonds. The van der Waals surface area contributed by atoms with E-state index >= 15 is 0 Å². The van der Waals surface area contributed by atoms with Gasteiger partial charge in [0.2, 0.25) is 0 Å². The van der Waals surface area contributed by atoms with Crippen molar-refractivity contribution in [3.05, 3.63) is 47.1 Å². The van der Waals surface area contributed by atoms with Gasteiger partial charge < -0.3 is 35.4 Å². The van der Waals surface area contributed by atoms with E-state index in [1.54, 1.807) is 50.4 Å². The zero-order chi connectivity index (χ0) is 29.8. The molecule has 2 aromatic carbocycles. The number of methoxy groups -OCH3 is 1. The molecule has 2 atom stereocenters. The first-order valence-electron chi connectivity index (χ1n) is 12.1. The van der Waals surface area contributed by atoms with E-state index in [4.69, 9.17) is 36.8 Å². The van der Waals surface area contributed by atoms with Crippen molar-refractivity contribution in [2.45, 2.75) is 42.9 Å². The van der Waals surface area contributed by atoms with Gasteiger partial charge in [-0.05, 0) is 76.3 Å². The van der Waals surface area contributed by atoms with Crippen LogP contribution >= 0.6 is 11.6 Å².